The van der Waals surface area contributed by atoms with E-state index in [0.29, 0.717) is 18.8 Å². The molecule has 0 saturated heterocycles. The Morgan fingerprint density at radius 1 is 1.35 bits per heavy atom. The van der Waals surface area contributed by atoms with Crippen LogP contribution in [-0.4, -0.2) is 10.7 Å². The van der Waals surface area contributed by atoms with Crippen LogP contribution in [0.4, 0.5) is 8.78 Å². The lowest BCUT2D eigenvalue weighted by Crippen LogP contribution is -2.29. The fraction of sp³-hybridized carbons (Fsp3) is 0.571. The summed E-state index contributed by atoms with van der Waals surface area (Å²) < 4.78 is 27.0. The van der Waals surface area contributed by atoms with Crippen LogP contribution < -0.4 is 0 Å². The summed E-state index contributed by atoms with van der Waals surface area (Å²) in [6.07, 6.45) is 3.34. The van der Waals surface area contributed by atoms with E-state index in [1.165, 1.54) is 18.2 Å². The van der Waals surface area contributed by atoms with E-state index in [9.17, 15) is 13.9 Å². The molecule has 2 atom stereocenters. The Morgan fingerprint density at radius 3 is 2.53 bits per heavy atom. The topological polar surface area (TPSA) is 20.2 Å². The number of benzene rings is 1. The van der Waals surface area contributed by atoms with Crippen LogP contribution in [0.1, 0.15) is 38.2 Å². The number of aliphatic hydroxyl groups is 1. The molecule has 2 unspecified atom stereocenters. The van der Waals surface area contributed by atoms with Gasteiger partial charge in [0, 0.05) is 12.0 Å². The average Bonchev–Trinajstić information content (AvgIpc) is 2.66. The molecule has 1 fully saturated rings. The molecule has 94 valence electrons. The minimum absolute atomic E-state index is 0.0201. The van der Waals surface area contributed by atoms with Crippen molar-refractivity contribution >= 4 is 0 Å². The largest absolute Gasteiger partial charge is 0.390 e. The lowest BCUT2D eigenvalue weighted by molar-refractivity contribution is 0.0419. The van der Waals surface area contributed by atoms with Gasteiger partial charge < -0.3 is 5.11 Å². The molecule has 1 aromatic carbocycles. The highest BCUT2D eigenvalue weighted by molar-refractivity contribution is 5.22. The van der Waals surface area contributed by atoms with Crippen molar-refractivity contribution in [2.45, 2.75) is 44.6 Å². The van der Waals surface area contributed by atoms with Crippen LogP contribution >= 0.6 is 0 Å². The van der Waals surface area contributed by atoms with E-state index in [0.717, 1.165) is 12.8 Å². The molecule has 17 heavy (non-hydrogen) atoms. The molecule has 1 nitrogen and oxygen atoms in total. The van der Waals surface area contributed by atoms with Gasteiger partial charge in [0.25, 0.3) is 0 Å². The van der Waals surface area contributed by atoms with Crippen LogP contribution in [0.25, 0.3) is 0 Å². The van der Waals surface area contributed by atoms with Gasteiger partial charge in [-0.05, 0) is 37.3 Å². The number of halogens is 2. The van der Waals surface area contributed by atoms with E-state index >= 15 is 0 Å². The third-order valence-corrected chi connectivity index (χ3v) is 3.83. The molecule has 1 saturated carbocycles. The second-order valence-corrected chi connectivity index (χ2v) is 5.12. The van der Waals surface area contributed by atoms with Gasteiger partial charge in [0.15, 0.2) is 0 Å². The highest BCUT2D eigenvalue weighted by atomic mass is 19.1. The molecule has 1 aliphatic rings. The summed E-state index contributed by atoms with van der Waals surface area (Å²) in [4.78, 5) is 0. The van der Waals surface area contributed by atoms with Crippen molar-refractivity contribution in [3.05, 3.63) is 35.4 Å². The van der Waals surface area contributed by atoms with Crippen molar-refractivity contribution in [3.63, 3.8) is 0 Å². The molecule has 0 heterocycles. The summed E-state index contributed by atoms with van der Waals surface area (Å²) in [5.74, 6) is -0.633. The van der Waals surface area contributed by atoms with Gasteiger partial charge >= 0.3 is 0 Å². The number of hydrogen-bond donors (Lipinski definition) is 1. The molecule has 0 radical (unpaired) electrons. The van der Waals surface area contributed by atoms with Gasteiger partial charge in [0.2, 0.25) is 0 Å². The van der Waals surface area contributed by atoms with E-state index < -0.39 is 17.2 Å². The zero-order chi connectivity index (χ0) is 12.5. The standard InChI is InChI=1S/C14H18F2O/c1-2-10-6-7-14(17,8-10)9-11-12(15)4-3-5-13(11)16/h3-5,10,17H,2,6-9H2,1H3. The Balaban J connectivity index is 2.16. The lowest BCUT2D eigenvalue weighted by Gasteiger charge is -2.23. The van der Waals surface area contributed by atoms with E-state index in [1.54, 1.807) is 0 Å². The van der Waals surface area contributed by atoms with Crippen molar-refractivity contribution in [2.24, 2.45) is 5.92 Å². The van der Waals surface area contributed by atoms with Gasteiger partial charge in [-0.1, -0.05) is 19.4 Å². The summed E-state index contributed by atoms with van der Waals surface area (Å²) in [5.41, 5.74) is -0.907. The number of rotatable bonds is 3. The van der Waals surface area contributed by atoms with Crippen LogP contribution in [0, 0.1) is 17.6 Å². The molecule has 1 aliphatic carbocycles. The third-order valence-electron chi connectivity index (χ3n) is 3.83. The lowest BCUT2D eigenvalue weighted by atomic mass is 9.91. The van der Waals surface area contributed by atoms with Gasteiger partial charge in [-0.3, -0.25) is 0 Å². The molecule has 0 bridgehead atoms. The van der Waals surface area contributed by atoms with Gasteiger partial charge in [0.05, 0.1) is 5.60 Å². The second-order valence-electron chi connectivity index (χ2n) is 5.12. The molecule has 0 aromatic heterocycles. The molecular formula is C14H18F2O. The molecule has 0 amide bonds. The first-order valence-corrected chi connectivity index (χ1v) is 6.19. The highest BCUT2D eigenvalue weighted by Gasteiger charge is 2.37. The van der Waals surface area contributed by atoms with E-state index in [2.05, 4.69) is 6.92 Å². The third kappa shape index (κ3) is 2.65. The normalized spacial score (nSPS) is 28.6. The van der Waals surface area contributed by atoms with Crippen molar-refractivity contribution in [2.75, 3.05) is 0 Å². The first-order chi connectivity index (χ1) is 8.04. The smallest absolute Gasteiger partial charge is 0.129 e. The van der Waals surface area contributed by atoms with E-state index in [1.807, 2.05) is 0 Å². The van der Waals surface area contributed by atoms with Gasteiger partial charge in [-0.25, -0.2) is 8.78 Å². The minimum Gasteiger partial charge on any atom is -0.390 e. The maximum atomic E-state index is 13.5. The second kappa shape index (κ2) is 4.73. The van der Waals surface area contributed by atoms with E-state index in [4.69, 9.17) is 0 Å². The fourth-order valence-corrected chi connectivity index (χ4v) is 2.75. The first-order valence-electron chi connectivity index (χ1n) is 6.19. The van der Waals surface area contributed by atoms with Crippen LogP contribution in [0.5, 0.6) is 0 Å². The molecule has 0 spiro atoms. The van der Waals surface area contributed by atoms with Crippen molar-refractivity contribution < 1.29 is 13.9 Å². The summed E-state index contributed by atoms with van der Waals surface area (Å²) in [7, 11) is 0. The highest BCUT2D eigenvalue weighted by Crippen LogP contribution is 2.39. The molecule has 1 aromatic rings. The predicted molar refractivity (Wildman–Crippen MR) is 62.6 cm³/mol. The molecule has 0 aliphatic heterocycles. The Bertz CT molecular complexity index is 385. The van der Waals surface area contributed by atoms with Crippen LogP contribution in [0.3, 0.4) is 0 Å². The summed E-state index contributed by atoms with van der Waals surface area (Å²) >= 11 is 0. The van der Waals surface area contributed by atoms with Gasteiger partial charge in [-0.2, -0.15) is 0 Å². The average molecular weight is 240 g/mol. The first kappa shape index (κ1) is 12.5. The summed E-state index contributed by atoms with van der Waals surface area (Å²) in [5, 5.41) is 10.4. The van der Waals surface area contributed by atoms with Crippen molar-refractivity contribution in [1.29, 1.82) is 0 Å². The number of hydrogen-bond acceptors (Lipinski definition) is 1. The molecule has 1 N–H and O–H groups in total. The Morgan fingerprint density at radius 2 is 2.00 bits per heavy atom. The molecular weight excluding hydrogens is 222 g/mol. The zero-order valence-electron chi connectivity index (χ0n) is 10.0. The monoisotopic (exact) mass is 240 g/mol. The molecule has 3 heteroatoms. The predicted octanol–water partition coefficient (Wildman–Crippen LogP) is 3.45. The van der Waals surface area contributed by atoms with Crippen molar-refractivity contribution in [1.82, 2.24) is 0 Å². The summed E-state index contributed by atoms with van der Waals surface area (Å²) in [6, 6.07) is 3.84. The van der Waals surface area contributed by atoms with Crippen LogP contribution in [-0.2, 0) is 6.42 Å². The minimum atomic E-state index is -0.927. The van der Waals surface area contributed by atoms with Crippen LogP contribution in [0.15, 0.2) is 18.2 Å². The summed E-state index contributed by atoms with van der Waals surface area (Å²) in [6.45, 7) is 2.08. The van der Waals surface area contributed by atoms with Crippen LogP contribution in [0.2, 0.25) is 0 Å². The quantitative estimate of drug-likeness (QED) is 0.858. The fourth-order valence-electron chi connectivity index (χ4n) is 2.75. The van der Waals surface area contributed by atoms with Crippen molar-refractivity contribution in [3.8, 4) is 0 Å². The maximum Gasteiger partial charge on any atom is 0.129 e. The molecule has 2 rings (SSSR count). The zero-order valence-corrected chi connectivity index (χ0v) is 10.0. The van der Waals surface area contributed by atoms with Gasteiger partial charge in [0.1, 0.15) is 11.6 Å². The SMILES string of the molecule is CCC1CCC(O)(Cc2c(F)cccc2F)C1. The van der Waals surface area contributed by atoms with Gasteiger partial charge in [-0.15, -0.1) is 0 Å². The van der Waals surface area contributed by atoms with E-state index in [-0.39, 0.29) is 12.0 Å². The Hall–Kier alpha value is -0.960. The Kier molecular flexibility index (Phi) is 3.48. The maximum absolute atomic E-state index is 13.5. The Labute approximate surface area is 100 Å².